The van der Waals surface area contributed by atoms with Crippen LogP contribution in [0.1, 0.15) is 25.0 Å². The Morgan fingerprint density at radius 2 is 1.58 bits per heavy atom. The Kier molecular flexibility index (Phi) is 10.5. The van der Waals surface area contributed by atoms with Crippen LogP contribution in [0.5, 0.6) is 0 Å². The van der Waals surface area contributed by atoms with Crippen molar-refractivity contribution < 1.29 is 21.1 Å². The van der Waals surface area contributed by atoms with Gasteiger partial charge in [-0.1, -0.05) is 38.1 Å². The summed E-state index contributed by atoms with van der Waals surface area (Å²) in [5, 5.41) is 4.13. The van der Waals surface area contributed by atoms with Gasteiger partial charge in [0.1, 0.15) is 0 Å². The summed E-state index contributed by atoms with van der Waals surface area (Å²) in [6, 6.07) is 8.99. The molecule has 1 aromatic carbocycles. The third-order valence-corrected chi connectivity index (χ3v) is 3.11. The number of hydrogen-bond donors (Lipinski definition) is 0. The van der Waals surface area contributed by atoms with Crippen molar-refractivity contribution in [2.75, 3.05) is 33.7 Å². The molecule has 0 aromatic heterocycles. The van der Waals surface area contributed by atoms with Crippen LogP contribution in [0.15, 0.2) is 24.3 Å². The van der Waals surface area contributed by atoms with Crippen LogP contribution in [0.3, 0.4) is 0 Å². The first kappa shape index (κ1) is 18.8. The van der Waals surface area contributed by atoms with E-state index < -0.39 is 0 Å². The van der Waals surface area contributed by atoms with Gasteiger partial charge in [0.2, 0.25) is 0 Å². The molecule has 1 rings (SSSR count). The molecule has 0 aliphatic carbocycles. The monoisotopic (exact) mass is 431 g/mol. The molecule has 1 aromatic rings. The van der Waals surface area contributed by atoms with Crippen molar-refractivity contribution in [2.45, 2.75) is 26.7 Å². The van der Waals surface area contributed by atoms with Gasteiger partial charge in [-0.05, 0) is 36.9 Å². The molecule has 108 valence electrons. The van der Waals surface area contributed by atoms with E-state index in [1.165, 1.54) is 17.7 Å². The molecule has 0 spiro atoms. The topological polar surface area (TPSA) is 17.3 Å². The third-order valence-electron chi connectivity index (χ3n) is 3.11. The summed E-state index contributed by atoms with van der Waals surface area (Å²) in [7, 11) is 4.08. The second-order valence-electron chi connectivity index (χ2n) is 5.51. The number of rotatable bonds is 8. The van der Waals surface area contributed by atoms with E-state index in [0.29, 0.717) is 0 Å². The van der Waals surface area contributed by atoms with E-state index in [1.807, 2.05) is 7.05 Å². The van der Waals surface area contributed by atoms with Crippen LogP contribution in [0.25, 0.3) is 5.32 Å². The Morgan fingerprint density at radius 3 is 2.05 bits per heavy atom. The van der Waals surface area contributed by atoms with E-state index in [9.17, 15) is 0 Å². The minimum atomic E-state index is 0. The molecule has 19 heavy (non-hydrogen) atoms. The summed E-state index contributed by atoms with van der Waals surface area (Å²) < 4.78 is 0. The van der Waals surface area contributed by atoms with Crippen LogP contribution in [0, 0.1) is 5.92 Å². The van der Waals surface area contributed by atoms with Crippen LogP contribution in [0.2, 0.25) is 0 Å². The Bertz CT molecular complexity index is 322. The largest absolute Gasteiger partial charge is 0.665 e. The maximum Gasteiger partial charge on any atom is 0.00189 e. The van der Waals surface area contributed by atoms with Crippen molar-refractivity contribution in [1.82, 2.24) is 4.90 Å². The molecule has 3 heteroatoms. The zero-order chi connectivity index (χ0) is 13.4. The second-order valence-corrected chi connectivity index (χ2v) is 5.51. The van der Waals surface area contributed by atoms with Gasteiger partial charge in [-0.15, -0.1) is 6.54 Å². The molecule has 0 radical (unpaired) electrons. The Hall–Kier alpha value is -0.172. The second kappa shape index (κ2) is 10.6. The molecule has 0 saturated heterocycles. The van der Waals surface area contributed by atoms with E-state index in [0.717, 1.165) is 31.8 Å². The van der Waals surface area contributed by atoms with Gasteiger partial charge in [-0.25, -0.2) is 0 Å². The normalized spacial score (nSPS) is 10.8. The van der Waals surface area contributed by atoms with E-state index in [4.69, 9.17) is 0 Å². The maximum atomic E-state index is 4.13. The average Bonchev–Trinajstić information content (AvgIpc) is 2.34. The van der Waals surface area contributed by atoms with Crippen LogP contribution in [-0.2, 0) is 33.9 Å². The molecule has 2 nitrogen and oxygen atoms in total. The Morgan fingerprint density at radius 1 is 1.05 bits per heavy atom. The quantitative estimate of drug-likeness (QED) is 0.618. The van der Waals surface area contributed by atoms with Gasteiger partial charge in [-0.3, -0.25) is 0 Å². The molecular weight excluding hydrogens is 404 g/mol. The number of likely N-dealkylation sites (N-methyl/N-ethyl adjacent to an activating group) is 2. The minimum absolute atomic E-state index is 0. The van der Waals surface area contributed by atoms with Crippen molar-refractivity contribution in [3.8, 4) is 0 Å². The Labute approximate surface area is 133 Å². The number of hydrogen-bond acceptors (Lipinski definition) is 1. The summed E-state index contributed by atoms with van der Waals surface area (Å²) in [4.78, 5) is 2.41. The summed E-state index contributed by atoms with van der Waals surface area (Å²) in [5.41, 5.74) is 2.82. The van der Waals surface area contributed by atoms with E-state index in [1.54, 1.807) is 0 Å². The van der Waals surface area contributed by atoms with Crippen LogP contribution in [-0.4, -0.2) is 38.6 Å². The van der Waals surface area contributed by atoms with Crippen molar-refractivity contribution in [3.63, 3.8) is 0 Å². The van der Waals surface area contributed by atoms with Crippen LogP contribution >= 0.6 is 0 Å². The van der Waals surface area contributed by atoms with Crippen LogP contribution in [0.4, 0.5) is 0 Å². The molecule has 0 bridgehead atoms. The minimum Gasteiger partial charge on any atom is -0.665 e. The van der Waals surface area contributed by atoms with Crippen molar-refractivity contribution >= 4 is 0 Å². The molecule has 0 fully saturated rings. The predicted molar refractivity (Wildman–Crippen MR) is 80.3 cm³/mol. The van der Waals surface area contributed by atoms with Crippen LogP contribution < -0.4 is 0 Å². The van der Waals surface area contributed by atoms with Gasteiger partial charge >= 0.3 is 0 Å². The standard InChI is InChI=1S/C16H27N2.W/c1-14(2)13-18(4)12-10-16-7-5-15(6-8-16)9-11-17-3;/h5-8,14H,9-13H2,1-4H3;/q-1;. The first-order chi connectivity index (χ1) is 8.61. The van der Waals surface area contributed by atoms with Gasteiger partial charge in [0.15, 0.2) is 0 Å². The van der Waals surface area contributed by atoms with Crippen molar-refractivity contribution in [2.24, 2.45) is 5.92 Å². The third kappa shape index (κ3) is 8.57. The molecule has 0 heterocycles. The number of nitrogens with zero attached hydrogens (tertiary/aromatic N) is 2. The fraction of sp³-hybridized carbons (Fsp3) is 0.625. The zero-order valence-corrected chi connectivity index (χ0v) is 15.7. The van der Waals surface area contributed by atoms with E-state index >= 15 is 0 Å². The van der Waals surface area contributed by atoms with Crippen molar-refractivity contribution in [3.05, 3.63) is 40.7 Å². The fourth-order valence-corrected chi connectivity index (χ4v) is 2.15. The summed E-state index contributed by atoms with van der Waals surface area (Å²) in [5.74, 6) is 0.746. The fourth-order valence-electron chi connectivity index (χ4n) is 2.15. The molecule has 0 amide bonds. The SMILES string of the molecule is C[N-]CCc1ccc(CCN(C)CC(C)C)cc1.[W]. The molecule has 0 saturated carbocycles. The van der Waals surface area contributed by atoms with Gasteiger partial charge in [0, 0.05) is 34.2 Å². The molecule has 0 aliphatic rings. The molecule has 0 N–H and O–H groups in total. The maximum absolute atomic E-state index is 4.13. The van der Waals surface area contributed by atoms with Gasteiger partial charge in [0.05, 0.1) is 0 Å². The first-order valence-electron chi connectivity index (χ1n) is 6.93. The molecule has 0 atom stereocenters. The van der Waals surface area contributed by atoms with Gasteiger partial charge in [-0.2, -0.15) is 7.05 Å². The van der Waals surface area contributed by atoms with Gasteiger partial charge in [0.25, 0.3) is 0 Å². The number of benzene rings is 1. The van der Waals surface area contributed by atoms with E-state index in [2.05, 4.69) is 55.4 Å². The summed E-state index contributed by atoms with van der Waals surface area (Å²) >= 11 is 0. The smallest absolute Gasteiger partial charge is 0.00189 e. The summed E-state index contributed by atoms with van der Waals surface area (Å²) in [6.45, 7) is 7.78. The van der Waals surface area contributed by atoms with E-state index in [-0.39, 0.29) is 21.1 Å². The molecule has 0 aliphatic heterocycles. The van der Waals surface area contributed by atoms with Crippen molar-refractivity contribution in [1.29, 1.82) is 0 Å². The average molecular weight is 431 g/mol. The first-order valence-corrected chi connectivity index (χ1v) is 6.93. The zero-order valence-electron chi connectivity index (χ0n) is 12.7. The summed E-state index contributed by atoms with van der Waals surface area (Å²) in [6.07, 6.45) is 2.20. The molecule has 0 unspecified atom stereocenters. The Balaban J connectivity index is 0.00000324. The van der Waals surface area contributed by atoms with Gasteiger partial charge < -0.3 is 10.2 Å². The predicted octanol–water partition coefficient (Wildman–Crippen LogP) is 3.36. The molecular formula is C16H27N2W-.